The van der Waals surface area contributed by atoms with Gasteiger partial charge in [0.2, 0.25) is 0 Å². The van der Waals surface area contributed by atoms with Gasteiger partial charge in [-0.05, 0) is 25.5 Å². The van der Waals surface area contributed by atoms with E-state index in [1.165, 1.54) is 5.56 Å². The van der Waals surface area contributed by atoms with Crippen LogP contribution < -0.4 is 5.32 Å². The highest BCUT2D eigenvalue weighted by molar-refractivity contribution is 6.31. The molecule has 0 aliphatic heterocycles. The molecule has 0 saturated carbocycles. The van der Waals surface area contributed by atoms with Crippen LogP contribution in [0, 0.1) is 0 Å². The van der Waals surface area contributed by atoms with Crippen LogP contribution in [0.25, 0.3) is 0 Å². The molecule has 0 aliphatic carbocycles. The van der Waals surface area contributed by atoms with Crippen LogP contribution in [0.3, 0.4) is 0 Å². The maximum absolute atomic E-state index is 6.42. The summed E-state index contributed by atoms with van der Waals surface area (Å²) in [6.45, 7) is 8.18. The van der Waals surface area contributed by atoms with Crippen LogP contribution in [0.15, 0.2) is 36.5 Å². The van der Waals surface area contributed by atoms with Gasteiger partial charge in [-0.3, -0.25) is 4.68 Å². The van der Waals surface area contributed by atoms with Gasteiger partial charge < -0.3 is 5.32 Å². The maximum atomic E-state index is 6.42. The third kappa shape index (κ3) is 3.47. The second-order valence-corrected chi connectivity index (χ2v) is 5.56. The minimum Gasteiger partial charge on any atom is -0.308 e. The van der Waals surface area contributed by atoms with Crippen LogP contribution in [-0.4, -0.2) is 16.3 Å². The Morgan fingerprint density at radius 3 is 2.48 bits per heavy atom. The van der Waals surface area contributed by atoms with Gasteiger partial charge in [-0.1, -0.05) is 55.8 Å². The van der Waals surface area contributed by atoms with Crippen molar-refractivity contribution in [3.63, 3.8) is 0 Å². The summed E-state index contributed by atoms with van der Waals surface area (Å²) >= 11 is 6.42. The molecule has 2 unspecified atom stereocenters. The van der Waals surface area contributed by atoms with Crippen LogP contribution >= 0.6 is 11.6 Å². The minimum absolute atomic E-state index is 0.178. The number of nitrogens with zero attached hydrogens (tertiary/aromatic N) is 2. The fourth-order valence-electron chi connectivity index (χ4n) is 2.95. The largest absolute Gasteiger partial charge is 0.308 e. The number of likely N-dealkylation sites (N-methyl/N-ethyl adjacent to an activating group) is 1. The lowest BCUT2D eigenvalue weighted by Crippen LogP contribution is -2.29. The molecule has 0 spiro atoms. The van der Waals surface area contributed by atoms with Gasteiger partial charge in [0, 0.05) is 12.5 Å². The van der Waals surface area contributed by atoms with Gasteiger partial charge in [0.05, 0.1) is 23.0 Å². The molecule has 114 valence electrons. The monoisotopic (exact) mass is 305 g/mol. The summed E-state index contributed by atoms with van der Waals surface area (Å²) in [7, 11) is 0. The first-order valence-corrected chi connectivity index (χ1v) is 8.10. The summed E-state index contributed by atoms with van der Waals surface area (Å²) < 4.78 is 2.00. The maximum Gasteiger partial charge on any atom is 0.0834 e. The molecule has 1 N–H and O–H groups in total. The summed E-state index contributed by atoms with van der Waals surface area (Å²) in [4.78, 5) is 0. The van der Waals surface area contributed by atoms with Gasteiger partial charge in [-0.15, -0.1) is 0 Å². The van der Waals surface area contributed by atoms with E-state index in [2.05, 4.69) is 61.5 Å². The molecule has 1 aromatic heterocycles. The van der Waals surface area contributed by atoms with Gasteiger partial charge in [-0.2, -0.15) is 5.10 Å². The Labute approximate surface area is 132 Å². The highest BCUT2D eigenvalue weighted by atomic mass is 35.5. The van der Waals surface area contributed by atoms with Crippen molar-refractivity contribution in [3.8, 4) is 0 Å². The Balaban J connectivity index is 2.43. The van der Waals surface area contributed by atoms with Crippen molar-refractivity contribution < 1.29 is 0 Å². The van der Waals surface area contributed by atoms with Gasteiger partial charge in [0.25, 0.3) is 0 Å². The molecule has 0 saturated heterocycles. The van der Waals surface area contributed by atoms with Gasteiger partial charge >= 0.3 is 0 Å². The van der Waals surface area contributed by atoms with E-state index in [1.807, 2.05) is 4.68 Å². The third-order valence-electron chi connectivity index (χ3n) is 3.92. The predicted molar refractivity (Wildman–Crippen MR) is 88.8 cm³/mol. The molecule has 4 heteroatoms. The summed E-state index contributed by atoms with van der Waals surface area (Å²) in [5, 5.41) is 8.74. The first-order valence-electron chi connectivity index (χ1n) is 7.72. The van der Waals surface area contributed by atoms with Crippen LogP contribution in [0.2, 0.25) is 5.02 Å². The van der Waals surface area contributed by atoms with Crippen LogP contribution in [0.4, 0.5) is 0 Å². The van der Waals surface area contributed by atoms with Crippen LogP contribution in [0.1, 0.15) is 50.4 Å². The van der Waals surface area contributed by atoms with Crippen molar-refractivity contribution in [1.29, 1.82) is 0 Å². The van der Waals surface area contributed by atoms with Crippen molar-refractivity contribution in [2.75, 3.05) is 6.54 Å². The minimum atomic E-state index is 0.178. The Morgan fingerprint density at radius 2 is 1.90 bits per heavy atom. The normalized spacial score (nSPS) is 14.1. The lowest BCUT2D eigenvalue weighted by Gasteiger charge is -2.28. The zero-order valence-corrected chi connectivity index (χ0v) is 13.8. The van der Waals surface area contributed by atoms with E-state index in [4.69, 9.17) is 11.6 Å². The third-order valence-corrected chi connectivity index (χ3v) is 4.21. The molecule has 0 fully saturated rings. The number of benzene rings is 1. The first-order chi connectivity index (χ1) is 10.2. The van der Waals surface area contributed by atoms with E-state index in [-0.39, 0.29) is 6.04 Å². The second kappa shape index (κ2) is 7.62. The lowest BCUT2D eigenvalue weighted by atomic mass is 9.87. The lowest BCUT2D eigenvalue weighted by molar-refractivity contribution is 0.413. The summed E-state index contributed by atoms with van der Waals surface area (Å²) in [6.07, 6.45) is 2.80. The van der Waals surface area contributed by atoms with Crippen molar-refractivity contribution >= 4 is 11.6 Å². The van der Waals surface area contributed by atoms with E-state index in [0.717, 1.165) is 30.2 Å². The molecule has 0 bridgehead atoms. The molecular weight excluding hydrogens is 282 g/mol. The molecule has 21 heavy (non-hydrogen) atoms. The number of halogens is 1. The smallest absolute Gasteiger partial charge is 0.0834 e. The van der Waals surface area contributed by atoms with Crippen LogP contribution in [-0.2, 0) is 6.54 Å². The fraction of sp³-hybridized carbons (Fsp3) is 0.471. The predicted octanol–water partition coefficient (Wildman–Crippen LogP) is 4.40. The zero-order chi connectivity index (χ0) is 15.2. The number of rotatable bonds is 7. The highest BCUT2D eigenvalue weighted by Gasteiger charge is 2.27. The average Bonchev–Trinajstić information content (AvgIpc) is 2.89. The molecule has 1 aromatic carbocycles. The molecule has 0 radical (unpaired) electrons. The zero-order valence-electron chi connectivity index (χ0n) is 13.0. The first kappa shape index (κ1) is 16.1. The van der Waals surface area contributed by atoms with E-state index in [9.17, 15) is 0 Å². The molecule has 0 aliphatic rings. The number of aryl methyl sites for hydroxylation is 1. The average molecular weight is 306 g/mol. The van der Waals surface area contributed by atoms with Crippen LogP contribution in [0.5, 0.6) is 0 Å². The van der Waals surface area contributed by atoms with Crippen molar-refractivity contribution in [2.24, 2.45) is 0 Å². The highest BCUT2D eigenvalue weighted by Crippen LogP contribution is 2.36. The Morgan fingerprint density at radius 1 is 1.19 bits per heavy atom. The Hall–Kier alpha value is -1.32. The number of aromatic nitrogens is 2. The Kier molecular flexibility index (Phi) is 5.83. The molecule has 3 nitrogen and oxygen atoms in total. The summed E-state index contributed by atoms with van der Waals surface area (Å²) in [6, 6.07) is 10.8. The number of nitrogens with one attached hydrogen (secondary N) is 1. The molecule has 0 amide bonds. The topological polar surface area (TPSA) is 29.9 Å². The summed E-state index contributed by atoms with van der Waals surface area (Å²) in [5.41, 5.74) is 2.43. The van der Waals surface area contributed by atoms with Gasteiger partial charge in [-0.25, -0.2) is 0 Å². The number of hydrogen-bond donors (Lipinski definition) is 1. The van der Waals surface area contributed by atoms with Crippen molar-refractivity contribution in [2.45, 2.75) is 45.7 Å². The summed E-state index contributed by atoms with van der Waals surface area (Å²) in [5.74, 6) is 0.380. The molecular formula is C17H24ClN3. The molecule has 2 rings (SSSR count). The second-order valence-electron chi connectivity index (χ2n) is 5.15. The fourth-order valence-corrected chi connectivity index (χ4v) is 3.21. The van der Waals surface area contributed by atoms with Crippen molar-refractivity contribution in [1.82, 2.24) is 15.1 Å². The quantitative estimate of drug-likeness (QED) is 0.821. The van der Waals surface area contributed by atoms with E-state index >= 15 is 0 Å². The van der Waals surface area contributed by atoms with E-state index in [1.54, 1.807) is 6.20 Å². The van der Waals surface area contributed by atoms with Gasteiger partial charge in [0.15, 0.2) is 0 Å². The van der Waals surface area contributed by atoms with E-state index in [0.29, 0.717) is 5.92 Å². The Bertz CT molecular complexity index is 550. The molecule has 1 heterocycles. The van der Waals surface area contributed by atoms with Gasteiger partial charge in [0.1, 0.15) is 0 Å². The van der Waals surface area contributed by atoms with Crippen molar-refractivity contribution in [3.05, 3.63) is 52.8 Å². The molecule has 2 atom stereocenters. The standard InChI is InChI=1S/C17H24ClN3/c1-4-14(13-10-8-7-9-11-13)16(19-5-2)17-15(18)12-20-21(17)6-3/h7-12,14,16,19H,4-6H2,1-3H3. The molecule has 2 aromatic rings. The SMILES string of the molecule is CCNC(c1c(Cl)cnn1CC)C(CC)c1ccccc1. The van der Waals surface area contributed by atoms with E-state index < -0.39 is 0 Å². The number of hydrogen-bond acceptors (Lipinski definition) is 2.